The molecule has 172 valence electrons. The van der Waals surface area contributed by atoms with E-state index >= 15 is 0 Å². The van der Waals surface area contributed by atoms with Crippen molar-refractivity contribution in [1.82, 2.24) is 19.6 Å². The number of aliphatic carboxylic acids is 1. The number of hydrogen-bond donors (Lipinski definition) is 4. The van der Waals surface area contributed by atoms with Crippen LogP contribution in [0.3, 0.4) is 0 Å². The Morgan fingerprint density at radius 3 is 2.70 bits per heavy atom. The van der Waals surface area contributed by atoms with Crippen LogP contribution >= 0.6 is 23.3 Å². The van der Waals surface area contributed by atoms with Gasteiger partial charge in [0.15, 0.2) is 24.1 Å². The Labute approximate surface area is 194 Å². The molecule has 2 aromatic rings. The molecular formula is C18H17N7O6S2. The van der Waals surface area contributed by atoms with Crippen LogP contribution in [0.15, 0.2) is 41.0 Å². The molecule has 4 heterocycles. The van der Waals surface area contributed by atoms with Crippen LogP contribution in [-0.2, 0) is 27.5 Å². The topological polar surface area (TPSA) is 198 Å². The van der Waals surface area contributed by atoms with Gasteiger partial charge in [-0.3, -0.25) is 14.5 Å². The number of amides is 2. The van der Waals surface area contributed by atoms with Crippen LogP contribution in [-0.4, -0.2) is 65.2 Å². The number of nitrogens with zero attached hydrogens (tertiary/aromatic N) is 5. The SMILES string of the molecule is Nc1nc(C(=NO)C(=O)N[C@@H]2C(=O)N3C(C(=O)[O-])=C(C[n+]4ccc(CO)cc4)CS[C@@H]23)ns1. The molecule has 0 bridgehead atoms. The van der Waals surface area contributed by atoms with Gasteiger partial charge in [0.1, 0.15) is 11.4 Å². The van der Waals surface area contributed by atoms with Gasteiger partial charge in [-0.1, -0.05) is 5.16 Å². The first kappa shape index (κ1) is 22.6. The van der Waals surface area contributed by atoms with Crippen molar-refractivity contribution in [1.29, 1.82) is 0 Å². The summed E-state index contributed by atoms with van der Waals surface area (Å²) < 4.78 is 5.52. The number of hydrogen-bond acceptors (Lipinski definition) is 12. The molecule has 2 aliphatic rings. The molecule has 13 nitrogen and oxygen atoms in total. The van der Waals surface area contributed by atoms with Crippen molar-refractivity contribution in [2.45, 2.75) is 24.6 Å². The largest absolute Gasteiger partial charge is 0.543 e. The van der Waals surface area contributed by atoms with Gasteiger partial charge in [-0.2, -0.15) is 9.36 Å². The number of carbonyl (C=O) groups excluding carboxylic acids is 3. The van der Waals surface area contributed by atoms with Crippen LogP contribution in [0, 0.1) is 0 Å². The van der Waals surface area contributed by atoms with Crippen molar-refractivity contribution in [3.63, 3.8) is 0 Å². The fourth-order valence-corrected chi connectivity index (χ4v) is 5.22. The molecule has 5 N–H and O–H groups in total. The molecule has 1 fully saturated rings. The molecule has 0 saturated carbocycles. The number of nitrogen functional groups attached to an aromatic ring is 1. The number of carboxylic acid groups (broad SMARTS) is 1. The molecule has 1 saturated heterocycles. The molecule has 2 atom stereocenters. The first-order chi connectivity index (χ1) is 15.8. The quantitative estimate of drug-likeness (QED) is 0.103. The Morgan fingerprint density at radius 2 is 2.12 bits per heavy atom. The number of aromatic nitrogens is 3. The summed E-state index contributed by atoms with van der Waals surface area (Å²) in [6, 6.07) is 2.36. The predicted octanol–water partition coefficient (Wildman–Crippen LogP) is -2.82. The molecule has 2 aromatic heterocycles. The second-order valence-corrected chi connectivity index (χ2v) is 8.93. The number of nitrogens with two attached hydrogens (primary N) is 1. The third-order valence-electron chi connectivity index (χ3n) is 5.01. The van der Waals surface area contributed by atoms with E-state index in [1.165, 1.54) is 11.8 Å². The Hall–Kier alpha value is -3.56. The lowest BCUT2D eigenvalue weighted by Crippen LogP contribution is -2.71. The van der Waals surface area contributed by atoms with Crippen molar-refractivity contribution < 1.29 is 34.4 Å². The first-order valence-electron chi connectivity index (χ1n) is 9.43. The number of fused-ring (bicyclic) bond motifs is 1. The lowest BCUT2D eigenvalue weighted by atomic mass is 10.0. The minimum atomic E-state index is -1.50. The number of anilines is 1. The van der Waals surface area contributed by atoms with Gasteiger partial charge >= 0.3 is 0 Å². The molecule has 33 heavy (non-hydrogen) atoms. The molecule has 0 unspecified atom stereocenters. The van der Waals surface area contributed by atoms with Gasteiger partial charge in [0.05, 0.1) is 18.3 Å². The monoisotopic (exact) mass is 491 g/mol. The maximum atomic E-state index is 12.8. The van der Waals surface area contributed by atoms with Crippen LogP contribution in [0.2, 0.25) is 0 Å². The number of rotatable bonds is 7. The number of aliphatic hydroxyl groups excluding tert-OH is 1. The maximum Gasteiger partial charge on any atom is 0.278 e. The van der Waals surface area contributed by atoms with Gasteiger partial charge in [-0.25, -0.2) is 4.57 Å². The fraction of sp³-hybridized carbons (Fsp3) is 0.278. The molecule has 2 amide bonds. The average Bonchev–Trinajstić information content (AvgIpc) is 3.23. The Morgan fingerprint density at radius 1 is 1.39 bits per heavy atom. The summed E-state index contributed by atoms with van der Waals surface area (Å²) in [6.45, 7) is 0.0865. The average molecular weight is 492 g/mol. The van der Waals surface area contributed by atoms with E-state index in [1.807, 2.05) is 0 Å². The van der Waals surface area contributed by atoms with Gasteiger partial charge in [-0.05, 0) is 5.56 Å². The second kappa shape index (κ2) is 9.13. The lowest BCUT2D eigenvalue weighted by molar-refractivity contribution is -0.689. The summed E-state index contributed by atoms with van der Waals surface area (Å²) >= 11 is 2.08. The standard InChI is InChI=1S/C18H17N7O6S2/c19-18-21-13(23-33-18)10(22-31)14(27)20-11-15(28)25-12(17(29)30)9(7-32-16(11)25)5-24-3-1-8(6-26)2-4-24/h1-4,11,16,26H,5-7H2,(H4-,19,20,21,23,27,29,30,31)/t11-,16+/m1/s1. The summed E-state index contributed by atoms with van der Waals surface area (Å²) in [4.78, 5) is 42.0. The number of carbonyl (C=O) groups is 3. The summed E-state index contributed by atoms with van der Waals surface area (Å²) in [5.74, 6) is -2.96. The van der Waals surface area contributed by atoms with Gasteiger partial charge in [0.2, 0.25) is 11.5 Å². The van der Waals surface area contributed by atoms with Crippen molar-refractivity contribution in [3.8, 4) is 0 Å². The van der Waals surface area contributed by atoms with Crippen molar-refractivity contribution in [3.05, 3.63) is 47.2 Å². The van der Waals surface area contributed by atoms with E-state index in [-0.39, 0.29) is 35.6 Å². The van der Waals surface area contributed by atoms with E-state index in [9.17, 15) is 24.7 Å². The highest BCUT2D eigenvalue weighted by molar-refractivity contribution is 8.00. The van der Waals surface area contributed by atoms with Gasteiger partial charge < -0.3 is 31.3 Å². The zero-order valence-electron chi connectivity index (χ0n) is 16.7. The molecule has 0 spiro atoms. The highest BCUT2D eigenvalue weighted by Crippen LogP contribution is 2.40. The molecule has 0 aromatic carbocycles. The number of thioether (sulfide) groups is 1. The Bertz CT molecular complexity index is 1180. The number of β-lactam (4-membered cyclic amide) rings is 1. The maximum absolute atomic E-state index is 12.8. The molecule has 4 rings (SSSR count). The summed E-state index contributed by atoms with van der Waals surface area (Å²) in [5, 5.41) is 34.9. The number of pyridine rings is 1. The van der Waals surface area contributed by atoms with Crippen LogP contribution < -0.4 is 20.7 Å². The van der Waals surface area contributed by atoms with Crippen molar-refractivity contribution in [2.24, 2.45) is 5.16 Å². The third-order valence-corrected chi connectivity index (χ3v) is 6.89. The number of aliphatic hydroxyl groups is 1. The third kappa shape index (κ3) is 4.24. The molecule has 2 aliphatic heterocycles. The number of nitrogens with one attached hydrogen (secondary N) is 1. The zero-order valence-corrected chi connectivity index (χ0v) is 18.4. The Kier molecular flexibility index (Phi) is 6.26. The van der Waals surface area contributed by atoms with Crippen LogP contribution in [0.4, 0.5) is 5.13 Å². The van der Waals surface area contributed by atoms with Gasteiger partial charge in [0, 0.05) is 35.0 Å². The molecular weight excluding hydrogens is 474 g/mol. The molecule has 15 heteroatoms. The van der Waals surface area contributed by atoms with Crippen LogP contribution in [0.1, 0.15) is 11.4 Å². The summed E-state index contributed by atoms with van der Waals surface area (Å²) in [6.07, 6.45) is 3.39. The van der Waals surface area contributed by atoms with Crippen LogP contribution in [0.25, 0.3) is 0 Å². The highest BCUT2D eigenvalue weighted by atomic mass is 32.2. The molecule has 0 radical (unpaired) electrons. The number of oxime groups is 1. The van der Waals surface area contributed by atoms with Gasteiger partial charge in [-0.15, -0.1) is 11.8 Å². The van der Waals surface area contributed by atoms with E-state index < -0.39 is 34.9 Å². The van der Waals surface area contributed by atoms with Crippen molar-refractivity contribution in [2.75, 3.05) is 11.5 Å². The van der Waals surface area contributed by atoms with Gasteiger partial charge in [0.25, 0.3) is 11.8 Å². The minimum absolute atomic E-state index is 0.0628. The smallest absolute Gasteiger partial charge is 0.278 e. The highest BCUT2D eigenvalue weighted by Gasteiger charge is 2.53. The minimum Gasteiger partial charge on any atom is -0.543 e. The molecule has 0 aliphatic carbocycles. The lowest BCUT2D eigenvalue weighted by Gasteiger charge is -2.50. The summed E-state index contributed by atoms with van der Waals surface area (Å²) in [5.41, 5.74) is 5.89. The van der Waals surface area contributed by atoms with Crippen LogP contribution in [0.5, 0.6) is 0 Å². The van der Waals surface area contributed by atoms with E-state index in [1.54, 1.807) is 29.1 Å². The fourth-order valence-electron chi connectivity index (χ4n) is 3.45. The summed E-state index contributed by atoms with van der Waals surface area (Å²) in [7, 11) is 0. The number of carboxylic acids is 1. The zero-order chi connectivity index (χ0) is 23.7. The Balaban J connectivity index is 1.51. The van der Waals surface area contributed by atoms with E-state index in [0.717, 1.165) is 16.4 Å². The normalized spacial score (nSPS) is 20.3. The first-order valence-corrected chi connectivity index (χ1v) is 11.3. The second-order valence-electron chi connectivity index (χ2n) is 7.04. The van der Waals surface area contributed by atoms with E-state index in [4.69, 9.17) is 10.8 Å². The predicted molar refractivity (Wildman–Crippen MR) is 112 cm³/mol. The van der Waals surface area contributed by atoms with E-state index in [0.29, 0.717) is 11.1 Å². The van der Waals surface area contributed by atoms with Crippen molar-refractivity contribution >= 4 is 51.9 Å². The van der Waals surface area contributed by atoms with E-state index in [2.05, 4.69) is 19.8 Å².